The second-order valence-corrected chi connectivity index (χ2v) is 16.3. The zero-order valence-corrected chi connectivity index (χ0v) is 29.2. The van der Waals surface area contributed by atoms with E-state index < -0.39 is 33.9 Å². The van der Waals surface area contributed by atoms with E-state index in [4.69, 9.17) is 25.8 Å². The highest BCUT2D eigenvalue weighted by Crippen LogP contribution is 2.33. The highest BCUT2D eigenvalue weighted by atomic mass is 35.5. The number of ether oxygens (including phenoxy) is 3. The molecule has 2 aliphatic heterocycles. The molecule has 1 aliphatic carbocycles. The van der Waals surface area contributed by atoms with Crippen molar-refractivity contribution in [3.63, 3.8) is 0 Å². The van der Waals surface area contributed by atoms with Gasteiger partial charge >= 0.3 is 6.09 Å². The van der Waals surface area contributed by atoms with Crippen molar-refractivity contribution < 1.29 is 32.2 Å². The molecule has 3 aliphatic rings. The van der Waals surface area contributed by atoms with Gasteiger partial charge in [-0.1, -0.05) is 30.9 Å². The number of benzene rings is 2. The van der Waals surface area contributed by atoms with Crippen molar-refractivity contribution in [3.8, 4) is 11.5 Å². The summed E-state index contributed by atoms with van der Waals surface area (Å²) in [5.41, 5.74) is -0.590. The van der Waals surface area contributed by atoms with Crippen molar-refractivity contribution in [2.24, 2.45) is 5.92 Å². The van der Waals surface area contributed by atoms with Crippen LogP contribution in [0.2, 0.25) is 5.02 Å². The molecule has 5 rings (SSSR count). The molecule has 47 heavy (non-hydrogen) atoms. The van der Waals surface area contributed by atoms with E-state index in [0.717, 1.165) is 0 Å². The third kappa shape index (κ3) is 9.99. The molecular formula is C35H48ClN3O7S. The van der Waals surface area contributed by atoms with Gasteiger partial charge in [0.05, 0.1) is 18.0 Å². The molecule has 2 atom stereocenters. The Labute approximate surface area is 284 Å². The first-order valence-electron chi connectivity index (χ1n) is 16.8. The van der Waals surface area contributed by atoms with Gasteiger partial charge in [0.15, 0.2) is 0 Å². The van der Waals surface area contributed by atoms with Gasteiger partial charge in [0, 0.05) is 43.0 Å². The summed E-state index contributed by atoms with van der Waals surface area (Å²) in [5, 5.41) is 3.47. The van der Waals surface area contributed by atoms with Crippen molar-refractivity contribution in [1.82, 2.24) is 14.5 Å². The minimum absolute atomic E-state index is 0.0342. The summed E-state index contributed by atoms with van der Waals surface area (Å²) >= 11 is 6.04. The van der Waals surface area contributed by atoms with E-state index in [-0.39, 0.29) is 29.8 Å². The van der Waals surface area contributed by atoms with Gasteiger partial charge in [-0.15, -0.1) is 0 Å². The number of piperidine rings is 1. The summed E-state index contributed by atoms with van der Waals surface area (Å²) in [6.45, 7) is 7.12. The standard InChI is InChI=1S/C35H48ClN3O7S/c1-35(2,3)46-34(41)37-27-17-19-38(20-18-27)33(40)22-28-21-31(45-30-11-9-26(36)10-12-30)23-39(28)47(42,43)32-15-13-29(14-16-32)44-24-25-7-5-4-6-8-25/h9-16,25,27-28,31H,4-8,17-24H2,1-3H3,(H,37,41)/t28-,31-/m0/s1. The van der Waals surface area contributed by atoms with E-state index >= 15 is 0 Å². The molecule has 1 saturated carbocycles. The van der Waals surface area contributed by atoms with Gasteiger partial charge in [-0.05, 0) is 101 Å². The van der Waals surface area contributed by atoms with Gasteiger partial charge in [-0.25, -0.2) is 13.2 Å². The fourth-order valence-electron chi connectivity index (χ4n) is 6.61. The van der Waals surface area contributed by atoms with Gasteiger partial charge in [-0.3, -0.25) is 4.79 Å². The number of amides is 2. The Bertz CT molecular complexity index is 1450. The van der Waals surface area contributed by atoms with Crippen LogP contribution >= 0.6 is 11.6 Å². The SMILES string of the molecule is CC(C)(C)OC(=O)NC1CCN(C(=O)C[C@@H]2C[C@H](Oc3ccc(Cl)cc3)CN2S(=O)(=O)c2ccc(OCC3CCCCC3)cc2)CC1. The molecule has 0 radical (unpaired) electrons. The molecule has 2 heterocycles. The molecule has 2 aromatic rings. The number of rotatable bonds is 10. The zero-order chi connectivity index (χ0) is 33.6. The lowest BCUT2D eigenvalue weighted by atomic mass is 9.90. The molecule has 1 N–H and O–H groups in total. The number of hydrogen-bond donors (Lipinski definition) is 1. The maximum absolute atomic E-state index is 14.0. The van der Waals surface area contributed by atoms with Gasteiger partial charge < -0.3 is 24.4 Å². The first kappa shape index (κ1) is 35.3. The highest BCUT2D eigenvalue weighted by Gasteiger charge is 2.43. The predicted molar refractivity (Wildman–Crippen MR) is 180 cm³/mol. The van der Waals surface area contributed by atoms with Gasteiger partial charge in [-0.2, -0.15) is 4.31 Å². The Hall–Kier alpha value is -3.02. The molecule has 0 unspecified atom stereocenters. The number of halogens is 1. The summed E-state index contributed by atoms with van der Waals surface area (Å²) in [5.74, 6) is 1.66. The van der Waals surface area contributed by atoms with Crippen molar-refractivity contribution in [1.29, 1.82) is 0 Å². The topological polar surface area (TPSA) is 114 Å². The van der Waals surface area contributed by atoms with E-state index in [9.17, 15) is 18.0 Å². The van der Waals surface area contributed by atoms with Gasteiger partial charge in [0.2, 0.25) is 15.9 Å². The number of nitrogens with zero attached hydrogens (tertiary/aromatic N) is 2. The van der Waals surface area contributed by atoms with Crippen molar-refractivity contribution in [2.75, 3.05) is 26.2 Å². The van der Waals surface area contributed by atoms with Gasteiger partial charge in [0.25, 0.3) is 0 Å². The average Bonchev–Trinajstić information content (AvgIpc) is 3.44. The maximum Gasteiger partial charge on any atom is 0.407 e. The summed E-state index contributed by atoms with van der Waals surface area (Å²) < 4.78 is 47.1. The smallest absolute Gasteiger partial charge is 0.407 e. The average molecular weight is 690 g/mol. The molecule has 2 saturated heterocycles. The van der Waals surface area contributed by atoms with Crippen molar-refractivity contribution in [2.45, 2.75) is 107 Å². The van der Waals surface area contributed by atoms with Crippen LogP contribution in [0.5, 0.6) is 11.5 Å². The van der Waals surface area contributed by atoms with E-state index in [1.54, 1.807) is 53.4 Å². The number of likely N-dealkylation sites (tertiary alicyclic amines) is 1. The third-order valence-electron chi connectivity index (χ3n) is 9.06. The van der Waals surface area contributed by atoms with Crippen LogP contribution in [0.25, 0.3) is 0 Å². The summed E-state index contributed by atoms with van der Waals surface area (Å²) in [6, 6.07) is 12.9. The van der Waals surface area contributed by atoms with Crippen LogP contribution in [-0.4, -0.2) is 79.7 Å². The van der Waals surface area contributed by atoms with Crippen LogP contribution in [-0.2, 0) is 19.6 Å². The number of alkyl carbamates (subject to hydrolysis) is 1. The lowest BCUT2D eigenvalue weighted by Crippen LogP contribution is -2.48. The minimum Gasteiger partial charge on any atom is -0.493 e. The minimum atomic E-state index is -3.94. The quantitative estimate of drug-likeness (QED) is 0.306. The number of hydrogen-bond acceptors (Lipinski definition) is 7. The zero-order valence-electron chi connectivity index (χ0n) is 27.7. The fraction of sp³-hybridized carbons (Fsp3) is 0.600. The number of carbonyl (C=O) groups is 2. The molecule has 10 nitrogen and oxygen atoms in total. The Kier molecular flexibility index (Phi) is 11.6. The van der Waals surface area contributed by atoms with Crippen molar-refractivity contribution >= 4 is 33.6 Å². The fourth-order valence-corrected chi connectivity index (χ4v) is 8.40. The Morgan fingerprint density at radius 2 is 1.55 bits per heavy atom. The van der Waals surface area contributed by atoms with Crippen LogP contribution in [0, 0.1) is 5.92 Å². The summed E-state index contributed by atoms with van der Waals surface area (Å²) in [7, 11) is -3.94. The van der Waals surface area contributed by atoms with Crippen LogP contribution in [0.4, 0.5) is 4.79 Å². The maximum atomic E-state index is 14.0. The molecule has 2 amide bonds. The first-order valence-corrected chi connectivity index (χ1v) is 18.6. The van der Waals surface area contributed by atoms with Crippen LogP contribution < -0.4 is 14.8 Å². The second kappa shape index (κ2) is 15.5. The van der Waals surface area contributed by atoms with Crippen LogP contribution in [0.3, 0.4) is 0 Å². The monoisotopic (exact) mass is 689 g/mol. The van der Waals surface area contributed by atoms with E-state index in [2.05, 4.69) is 5.32 Å². The van der Waals surface area contributed by atoms with E-state index in [1.165, 1.54) is 36.4 Å². The summed E-state index contributed by atoms with van der Waals surface area (Å²) in [4.78, 5) is 27.7. The molecule has 2 aromatic carbocycles. The lowest BCUT2D eigenvalue weighted by Gasteiger charge is -2.34. The predicted octanol–water partition coefficient (Wildman–Crippen LogP) is 6.42. The lowest BCUT2D eigenvalue weighted by molar-refractivity contribution is -0.133. The van der Waals surface area contributed by atoms with Gasteiger partial charge in [0.1, 0.15) is 23.2 Å². The second-order valence-electron chi connectivity index (χ2n) is 13.9. The summed E-state index contributed by atoms with van der Waals surface area (Å²) in [6.07, 6.45) is 6.76. The number of sulfonamides is 1. The van der Waals surface area contributed by atoms with Crippen LogP contribution in [0.1, 0.15) is 78.6 Å². The number of nitrogens with one attached hydrogen (secondary N) is 1. The third-order valence-corrected chi connectivity index (χ3v) is 11.2. The van der Waals surface area contributed by atoms with Crippen LogP contribution in [0.15, 0.2) is 53.4 Å². The molecule has 0 spiro atoms. The Morgan fingerprint density at radius 3 is 2.19 bits per heavy atom. The first-order chi connectivity index (χ1) is 22.4. The number of carbonyl (C=O) groups excluding carboxylic acids is 2. The largest absolute Gasteiger partial charge is 0.493 e. The van der Waals surface area contributed by atoms with E-state index in [0.29, 0.717) is 61.4 Å². The Balaban J connectivity index is 1.23. The molecule has 3 fully saturated rings. The molecular weight excluding hydrogens is 642 g/mol. The Morgan fingerprint density at radius 1 is 0.915 bits per heavy atom. The highest BCUT2D eigenvalue weighted by molar-refractivity contribution is 7.89. The molecule has 12 heteroatoms. The molecule has 0 aromatic heterocycles. The molecule has 258 valence electrons. The van der Waals surface area contributed by atoms with E-state index in [1.807, 2.05) is 20.8 Å². The molecule has 0 bridgehead atoms. The van der Waals surface area contributed by atoms with Crippen molar-refractivity contribution in [3.05, 3.63) is 53.6 Å². The normalized spacial score (nSPS) is 21.7.